The van der Waals surface area contributed by atoms with Gasteiger partial charge in [-0.25, -0.2) is 9.78 Å². The molecule has 1 spiro atoms. The van der Waals surface area contributed by atoms with E-state index >= 15 is 0 Å². The molecule has 9 nitrogen and oxygen atoms in total. The second kappa shape index (κ2) is 9.45. The molecular weight excluding hydrogens is 468 g/mol. The van der Waals surface area contributed by atoms with E-state index in [0.29, 0.717) is 18.5 Å². The molecule has 3 aliphatic rings. The highest BCUT2D eigenvalue weighted by Gasteiger charge is 2.54. The van der Waals surface area contributed by atoms with E-state index in [1.165, 1.54) is 5.56 Å². The monoisotopic (exact) mass is 502 g/mol. The Labute approximate surface area is 217 Å². The molecule has 2 saturated heterocycles. The lowest BCUT2D eigenvalue weighted by molar-refractivity contribution is -0.137. The van der Waals surface area contributed by atoms with Crippen LogP contribution in [0.1, 0.15) is 32.3 Å². The molecule has 194 valence electrons. The Morgan fingerprint density at radius 1 is 1.05 bits per heavy atom. The minimum Gasteiger partial charge on any atom is -0.497 e. The number of likely N-dealkylation sites (tertiary alicyclic amines) is 1. The molecule has 2 aliphatic heterocycles. The standard InChI is InChI=1S/C28H34N6O3/c1-19-14-33(26-13-30-25-10-22(36-3)4-5-24(25)31-26)15-20(2)34(19)27(35)37-23-11-28(12-23)17-32(18-28)16-21-6-8-29-9-7-21/h4-10,13,19-20,23H,11-12,14-18H2,1-3H3/t19-,20+. The van der Waals surface area contributed by atoms with Gasteiger partial charge in [-0.2, -0.15) is 0 Å². The van der Waals surface area contributed by atoms with Gasteiger partial charge in [0, 0.05) is 56.6 Å². The Morgan fingerprint density at radius 3 is 2.49 bits per heavy atom. The van der Waals surface area contributed by atoms with Crippen molar-refractivity contribution < 1.29 is 14.3 Å². The van der Waals surface area contributed by atoms with Crippen LogP contribution in [0.15, 0.2) is 48.9 Å². The van der Waals surface area contributed by atoms with Crippen molar-refractivity contribution in [2.75, 3.05) is 38.2 Å². The Morgan fingerprint density at radius 2 is 1.78 bits per heavy atom. The summed E-state index contributed by atoms with van der Waals surface area (Å²) in [6.45, 7) is 8.65. The van der Waals surface area contributed by atoms with Crippen molar-refractivity contribution in [1.82, 2.24) is 24.8 Å². The number of ether oxygens (including phenoxy) is 2. The molecule has 3 aromatic rings. The predicted octanol–water partition coefficient (Wildman–Crippen LogP) is 3.73. The van der Waals surface area contributed by atoms with E-state index < -0.39 is 0 Å². The van der Waals surface area contributed by atoms with Crippen LogP contribution in [0.3, 0.4) is 0 Å². The van der Waals surface area contributed by atoms with Gasteiger partial charge in [-0.15, -0.1) is 0 Å². The van der Waals surface area contributed by atoms with Gasteiger partial charge in [0.1, 0.15) is 17.7 Å². The number of amides is 1. The lowest BCUT2D eigenvalue weighted by Gasteiger charge is -2.58. The number of benzene rings is 1. The molecule has 1 amide bonds. The van der Waals surface area contributed by atoms with E-state index in [4.69, 9.17) is 14.5 Å². The third-order valence-corrected chi connectivity index (χ3v) is 8.05. The minimum atomic E-state index is -0.191. The molecule has 2 aromatic heterocycles. The zero-order valence-electron chi connectivity index (χ0n) is 21.7. The summed E-state index contributed by atoms with van der Waals surface area (Å²) in [6.07, 6.45) is 7.26. The summed E-state index contributed by atoms with van der Waals surface area (Å²) in [4.78, 5) is 33.2. The highest BCUT2D eigenvalue weighted by Crippen LogP contribution is 2.50. The van der Waals surface area contributed by atoms with Crippen LogP contribution in [0, 0.1) is 5.41 Å². The number of fused-ring (bicyclic) bond motifs is 1. The number of anilines is 1. The summed E-state index contributed by atoms with van der Waals surface area (Å²) in [6, 6.07) is 9.88. The van der Waals surface area contributed by atoms with Gasteiger partial charge in [0.25, 0.3) is 0 Å². The van der Waals surface area contributed by atoms with E-state index in [1.54, 1.807) is 13.3 Å². The zero-order chi connectivity index (χ0) is 25.6. The number of carbonyl (C=O) groups is 1. The molecule has 1 aliphatic carbocycles. The maximum Gasteiger partial charge on any atom is 0.410 e. The van der Waals surface area contributed by atoms with E-state index in [0.717, 1.165) is 55.1 Å². The number of hydrogen-bond donors (Lipinski definition) is 0. The van der Waals surface area contributed by atoms with Gasteiger partial charge in [-0.3, -0.25) is 19.8 Å². The highest BCUT2D eigenvalue weighted by atomic mass is 16.6. The van der Waals surface area contributed by atoms with Gasteiger partial charge in [0.05, 0.1) is 36.4 Å². The molecule has 3 fully saturated rings. The van der Waals surface area contributed by atoms with E-state index in [9.17, 15) is 4.79 Å². The lowest BCUT2D eigenvalue weighted by Crippen LogP contribution is -2.65. The number of pyridine rings is 1. The van der Waals surface area contributed by atoms with Crippen LogP contribution in [0.2, 0.25) is 0 Å². The van der Waals surface area contributed by atoms with Crippen molar-refractivity contribution in [2.45, 2.75) is 51.4 Å². The van der Waals surface area contributed by atoms with Crippen LogP contribution in [0.25, 0.3) is 11.0 Å². The maximum absolute atomic E-state index is 13.2. The van der Waals surface area contributed by atoms with Crippen molar-refractivity contribution in [3.05, 3.63) is 54.5 Å². The fraction of sp³-hybridized carbons (Fsp3) is 0.500. The largest absolute Gasteiger partial charge is 0.497 e. The highest BCUT2D eigenvalue weighted by molar-refractivity contribution is 5.77. The Bertz CT molecular complexity index is 1260. The maximum atomic E-state index is 13.2. The fourth-order valence-electron chi connectivity index (χ4n) is 6.34. The van der Waals surface area contributed by atoms with Gasteiger partial charge in [0.2, 0.25) is 0 Å². The van der Waals surface area contributed by atoms with Crippen molar-refractivity contribution in [3.63, 3.8) is 0 Å². The number of hydrogen-bond acceptors (Lipinski definition) is 8. The summed E-state index contributed by atoms with van der Waals surface area (Å²) in [5.41, 5.74) is 3.25. The van der Waals surface area contributed by atoms with E-state index in [1.807, 2.05) is 35.5 Å². The number of carbonyl (C=O) groups excluding carboxylic acids is 1. The molecule has 1 aromatic carbocycles. The molecule has 0 N–H and O–H groups in total. The molecule has 6 rings (SSSR count). The molecule has 9 heteroatoms. The van der Waals surface area contributed by atoms with Crippen LogP contribution >= 0.6 is 0 Å². The average molecular weight is 503 g/mol. The Kier molecular flexibility index (Phi) is 6.10. The number of piperazine rings is 1. The quantitative estimate of drug-likeness (QED) is 0.522. The first kappa shape index (κ1) is 23.9. The van der Waals surface area contributed by atoms with Crippen molar-refractivity contribution in [3.8, 4) is 5.75 Å². The van der Waals surface area contributed by atoms with Crippen LogP contribution in [-0.2, 0) is 11.3 Å². The summed E-state index contributed by atoms with van der Waals surface area (Å²) in [5.74, 6) is 1.59. The predicted molar refractivity (Wildman–Crippen MR) is 141 cm³/mol. The van der Waals surface area contributed by atoms with Crippen molar-refractivity contribution in [1.29, 1.82) is 0 Å². The molecule has 0 unspecified atom stereocenters. The van der Waals surface area contributed by atoms with Crippen molar-refractivity contribution >= 4 is 22.9 Å². The van der Waals surface area contributed by atoms with Gasteiger partial charge in [-0.1, -0.05) is 0 Å². The zero-order valence-corrected chi connectivity index (χ0v) is 21.7. The third kappa shape index (κ3) is 4.68. The number of rotatable bonds is 5. The summed E-state index contributed by atoms with van der Waals surface area (Å²) in [7, 11) is 1.64. The average Bonchev–Trinajstić information content (AvgIpc) is 2.85. The first-order valence-electron chi connectivity index (χ1n) is 13.1. The van der Waals surface area contributed by atoms with Gasteiger partial charge in [-0.05, 0) is 56.5 Å². The molecule has 4 heterocycles. The Hall–Kier alpha value is -3.46. The minimum absolute atomic E-state index is 0.0122. The van der Waals surface area contributed by atoms with Gasteiger partial charge >= 0.3 is 6.09 Å². The van der Waals surface area contributed by atoms with Crippen LogP contribution in [0.4, 0.5) is 10.6 Å². The van der Waals surface area contributed by atoms with Gasteiger partial charge in [0.15, 0.2) is 0 Å². The van der Waals surface area contributed by atoms with E-state index in [2.05, 4.69) is 45.7 Å². The van der Waals surface area contributed by atoms with Crippen LogP contribution < -0.4 is 9.64 Å². The SMILES string of the molecule is COc1ccc2nc(N3C[C@@H](C)N(C(=O)OC4CC5(C4)CN(Cc4ccncc4)C5)[C@@H](C)C3)cnc2c1. The summed E-state index contributed by atoms with van der Waals surface area (Å²) >= 11 is 0. The fourth-order valence-corrected chi connectivity index (χ4v) is 6.34. The van der Waals surface area contributed by atoms with Crippen LogP contribution in [-0.4, -0.2) is 82.3 Å². The topological polar surface area (TPSA) is 83.9 Å². The smallest absolute Gasteiger partial charge is 0.410 e. The summed E-state index contributed by atoms with van der Waals surface area (Å²) in [5, 5.41) is 0. The first-order valence-corrected chi connectivity index (χ1v) is 13.1. The molecule has 2 atom stereocenters. The first-order chi connectivity index (χ1) is 17.9. The van der Waals surface area contributed by atoms with Gasteiger partial charge < -0.3 is 14.4 Å². The van der Waals surface area contributed by atoms with E-state index in [-0.39, 0.29) is 24.3 Å². The molecule has 1 saturated carbocycles. The molecular formula is C28H34N6O3. The number of nitrogens with zero attached hydrogens (tertiary/aromatic N) is 6. The molecule has 37 heavy (non-hydrogen) atoms. The van der Waals surface area contributed by atoms with Crippen molar-refractivity contribution in [2.24, 2.45) is 5.41 Å². The second-order valence-corrected chi connectivity index (χ2v) is 11.0. The third-order valence-electron chi connectivity index (χ3n) is 8.05. The Balaban J connectivity index is 1.01. The second-order valence-electron chi connectivity index (χ2n) is 11.0. The normalized spacial score (nSPS) is 23.5. The molecule has 0 radical (unpaired) electrons. The molecule has 0 bridgehead atoms. The lowest BCUT2D eigenvalue weighted by atomic mass is 9.61. The van der Waals surface area contributed by atoms with Crippen LogP contribution in [0.5, 0.6) is 5.75 Å². The number of aromatic nitrogens is 3. The summed E-state index contributed by atoms with van der Waals surface area (Å²) < 4.78 is 11.3. The number of methoxy groups -OCH3 is 1.